The summed E-state index contributed by atoms with van der Waals surface area (Å²) in [7, 11) is 6.58. The fourth-order valence-electron chi connectivity index (χ4n) is 4.45. The van der Waals surface area contributed by atoms with E-state index in [1.54, 1.807) is 28.4 Å². The summed E-state index contributed by atoms with van der Waals surface area (Å²) in [5.41, 5.74) is 2.23. The lowest BCUT2D eigenvalue weighted by Crippen LogP contribution is -2.28. The van der Waals surface area contributed by atoms with E-state index in [1.807, 2.05) is 66.7 Å². The molecule has 1 N–H and O–H groups in total. The molecule has 3 aromatic carbocycles. The van der Waals surface area contributed by atoms with Crippen molar-refractivity contribution < 1.29 is 18.9 Å². The third-order valence-electron chi connectivity index (χ3n) is 6.44. The molecule has 0 saturated carbocycles. The predicted molar refractivity (Wildman–Crippen MR) is 142 cm³/mol. The maximum absolute atomic E-state index is 10.5. The first-order valence-corrected chi connectivity index (χ1v) is 12.2. The molecule has 36 heavy (non-hydrogen) atoms. The summed E-state index contributed by atoms with van der Waals surface area (Å²) in [6, 6.07) is 24.3. The number of methoxy groups -OCH3 is 4. The van der Waals surface area contributed by atoms with E-state index in [1.165, 1.54) is 5.56 Å². The Kier molecular flexibility index (Phi) is 10.0. The van der Waals surface area contributed by atoms with Gasteiger partial charge in [0.05, 0.1) is 34.5 Å². The zero-order valence-electron chi connectivity index (χ0n) is 21.7. The predicted octanol–water partition coefficient (Wildman–Crippen LogP) is 5.53. The molecule has 0 aliphatic heterocycles. The zero-order valence-corrected chi connectivity index (χ0v) is 21.7. The highest BCUT2D eigenvalue weighted by Gasteiger charge is 2.35. The highest BCUT2D eigenvalue weighted by atomic mass is 16.5. The molecule has 190 valence electrons. The van der Waals surface area contributed by atoms with Crippen LogP contribution < -0.4 is 24.3 Å². The lowest BCUT2D eigenvalue weighted by molar-refractivity contribution is 0.391. The third kappa shape index (κ3) is 6.71. The maximum Gasteiger partial charge on any atom is 0.122 e. The molecule has 3 rings (SSSR count). The molecule has 0 bridgehead atoms. The second-order valence-corrected chi connectivity index (χ2v) is 8.66. The van der Waals surface area contributed by atoms with Gasteiger partial charge in [0.1, 0.15) is 28.4 Å². The largest absolute Gasteiger partial charge is 0.497 e. The van der Waals surface area contributed by atoms with Crippen LogP contribution in [0, 0.1) is 11.3 Å². The molecule has 0 fully saturated rings. The summed E-state index contributed by atoms with van der Waals surface area (Å²) in [6.45, 7) is 1.70. The van der Waals surface area contributed by atoms with Crippen LogP contribution in [0.3, 0.4) is 0 Å². The average molecular weight is 489 g/mol. The smallest absolute Gasteiger partial charge is 0.122 e. The molecule has 3 aromatic rings. The van der Waals surface area contributed by atoms with E-state index in [9.17, 15) is 5.26 Å². The van der Waals surface area contributed by atoms with Crippen LogP contribution in [-0.2, 0) is 11.8 Å². The normalized spacial score (nSPS) is 12.3. The molecule has 0 heterocycles. The molecule has 0 amide bonds. The Bertz CT molecular complexity index is 1100. The van der Waals surface area contributed by atoms with Gasteiger partial charge in [0.2, 0.25) is 0 Å². The quantitative estimate of drug-likeness (QED) is 0.301. The number of hydrogen-bond acceptors (Lipinski definition) is 6. The van der Waals surface area contributed by atoms with Crippen LogP contribution in [0.2, 0.25) is 0 Å². The Morgan fingerprint density at radius 2 is 1.22 bits per heavy atom. The molecule has 0 radical (unpaired) electrons. The van der Waals surface area contributed by atoms with Gasteiger partial charge in [0.25, 0.3) is 0 Å². The van der Waals surface area contributed by atoms with Crippen LogP contribution in [0.25, 0.3) is 0 Å². The van der Waals surface area contributed by atoms with Crippen LogP contribution in [0.5, 0.6) is 23.0 Å². The van der Waals surface area contributed by atoms with Crippen molar-refractivity contribution in [3.63, 3.8) is 0 Å². The second-order valence-electron chi connectivity index (χ2n) is 8.66. The molecule has 0 saturated heterocycles. The van der Waals surface area contributed by atoms with E-state index in [0.29, 0.717) is 17.9 Å². The highest BCUT2D eigenvalue weighted by molar-refractivity contribution is 5.51. The van der Waals surface area contributed by atoms with Crippen LogP contribution in [0.1, 0.15) is 36.0 Å². The zero-order chi connectivity index (χ0) is 25.8. The van der Waals surface area contributed by atoms with E-state index in [4.69, 9.17) is 18.9 Å². The molecule has 6 nitrogen and oxygen atoms in total. The maximum atomic E-state index is 10.5. The number of aryl methyl sites for hydroxylation is 1. The summed E-state index contributed by atoms with van der Waals surface area (Å²) in [5, 5.41) is 14.0. The summed E-state index contributed by atoms with van der Waals surface area (Å²) in [5.74, 6) is 2.96. The molecular weight excluding hydrogens is 452 g/mol. The van der Waals surface area contributed by atoms with E-state index in [0.717, 1.165) is 55.0 Å². The van der Waals surface area contributed by atoms with Gasteiger partial charge in [-0.2, -0.15) is 5.26 Å². The molecule has 1 unspecified atom stereocenters. The number of nitrogens with zero attached hydrogens (tertiary/aromatic N) is 1. The topological polar surface area (TPSA) is 72.7 Å². The number of ether oxygens (including phenoxy) is 4. The third-order valence-corrected chi connectivity index (χ3v) is 6.44. The molecule has 1 atom stereocenters. The van der Waals surface area contributed by atoms with Crippen LogP contribution in [0.4, 0.5) is 0 Å². The van der Waals surface area contributed by atoms with Crippen LogP contribution in [-0.4, -0.2) is 41.5 Å². The second kappa shape index (κ2) is 13.4. The fraction of sp³-hybridized carbons (Fsp3) is 0.367. The van der Waals surface area contributed by atoms with Gasteiger partial charge < -0.3 is 24.3 Å². The number of rotatable bonds is 14. The Labute approximate surface area is 214 Å². The summed E-state index contributed by atoms with van der Waals surface area (Å²) in [6.07, 6.45) is 3.43. The van der Waals surface area contributed by atoms with Gasteiger partial charge in [0.15, 0.2) is 0 Å². The van der Waals surface area contributed by atoms with Crippen molar-refractivity contribution in [1.82, 2.24) is 5.32 Å². The molecular formula is C30H36N2O4. The molecule has 0 spiro atoms. The summed E-state index contributed by atoms with van der Waals surface area (Å²) < 4.78 is 21.7. The van der Waals surface area contributed by atoms with Gasteiger partial charge in [-0.15, -0.1) is 0 Å². The van der Waals surface area contributed by atoms with Crippen LogP contribution >= 0.6 is 0 Å². The Morgan fingerprint density at radius 3 is 1.75 bits per heavy atom. The van der Waals surface area contributed by atoms with Gasteiger partial charge in [-0.3, -0.25) is 0 Å². The van der Waals surface area contributed by atoms with Gasteiger partial charge in [0, 0.05) is 12.1 Å². The first-order valence-electron chi connectivity index (χ1n) is 12.2. The first-order chi connectivity index (χ1) is 17.6. The van der Waals surface area contributed by atoms with Crippen molar-refractivity contribution in [1.29, 1.82) is 5.26 Å². The van der Waals surface area contributed by atoms with Crippen molar-refractivity contribution in [3.8, 4) is 29.1 Å². The lowest BCUT2D eigenvalue weighted by Gasteiger charge is -2.29. The van der Waals surface area contributed by atoms with Crippen molar-refractivity contribution in [2.45, 2.75) is 31.1 Å². The monoisotopic (exact) mass is 488 g/mol. The summed E-state index contributed by atoms with van der Waals surface area (Å²) >= 11 is 0. The van der Waals surface area contributed by atoms with Gasteiger partial charge >= 0.3 is 0 Å². The number of nitrogens with one attached hydrogen (secondary N) is 1. The average Bonchev–Trinajstić information content (AvgIpc) is 2.94. The van der Waals surface area contributed by atoms with E-state index < -0.39 is 5.41 Å². The molecule has 6 heteroatoms. The summed E-state index contributed by atoms with van der Waals surface area (Å²) in [4.78, 5) is 0. The minimum atomic E-state index is -0.804. The first kappa shape index (κ1) is 26.9. The SMILES string of the molecule is COc1cc(CCCNCCCC(C#N)(c2ccccc2)c2cc(OC)cc(OC)c2)cc(OC)c1. The highest BCUT2D eigenvalue weighted by Crippen LogP contribution is 2.39. The van der Waals surface area contributed by atoms with Gasteiger partial charge in [-0.05, 0) is 79.7 Å². The van der Waals surface area contributed by atoms with Crippen molar-refractivity contribution in [3.05, 3.63) is 83.4 Å². The minimum Gasteiger partial charge on any atom is -0.497 e. The molecule has 0 aliphatic carbocycles. The van der Waals surface area contributed by atoms with Gasteiger partial charge in [-0.1, -0.05) is 30.3 Å². The van der Waals surface area contributed by atoms with Crippen molar-refractivity contribution in [2.24, 2.45) is 0 Å². The molecule has 0 aliphatic rings. The Balaban J connectivity index is 1.64. The van der Waals surface area contributed by atoms with Crippen molar-refractivity contribution in [2.75, 3.05) is 41.5 Å². The Hall–Kier alpha value is -3.69. The number of hydrogen-bond donors (Lipinski definition) is 1. The number of nitriles is 1. The van der Waals surface area contributed by atoms with E-state index in [2.05, 4.69) is 11.4 Å². The number of benzene rings is 3. The fourth-order valence-corrected chi connectivity index (χ4v) is 4.45. The lowest BCUT2D eigenvalue weighted by atomic mass is 9.72. The Morgan fingerprint density at radius 1 is 0.694 bits per heavy atom. The van der Waals surface area contributed by atoms with E-state index in [-0.39, 0.29) is 0 Å². The van der Waals surface area contributed by atoms with Crippen LogP contribution in [0.15, 0.2) is 66.7 Å². The van der Waals surface area contributed by atoms with E-state index >= 15 is 0 Å². The van der Waals surface area contributed by atoms with Gasteiger partial charge in [-0.25, -0.2) is 0 Å². The van der Waals surface area contributed by atoms with Crippen molar-refractivity contribution >= 4 is 0 Å². The minimum absolute atomic E-state index is 0.671. The molecule has 0 aromatic heterocycles. The standard InChI is InChI=1S/C30H36N2O4/c1-33-26-16-23(17-27(20-26)34-2)10-8-14-32-15-9-13-30(22-31,24-11-6-5-7-12-24)25-18-28(35-3)21-29(19-25)36-4/h5-7,11-12,16-21,32H,8-10,13-15H2,1-4H3.